The third kappa shape index (κ3) is 3.96. The van der Waals surface area contributed by atoms with Crippen LogP contribution in [0.25, 0.3) is 0 Å². The van der Waals surface area contributed by atoms with Crippen LogP contribution in [0.2, 0.25) is 0 Å². The number of Topliss-reactive ketones (excluding diaryl/α,β-unsaturated/α-hetero) is 1. The molecule has 2 aromatic rings. The van der Waals surface area contributed by atoms with Crippen molar-refractivity contribution in [2.24, 2.45) is 5.92 Å². The lowest BCUT2D eigenvalue weighted by Gasteiger charge is -2.23. The summed E-state index contributed by atoms with van der Waals surface area (Å²) < 4.78 is 0. The number of carbonyl (C=O) groups is 1. The van der Waals surface area contributed by atoms with E-state index in [1.807, 2.05) is 24.3 Å². The van der Waals surface area contributed by atoms with Crippen molar-refractivity contribution in [1.29, 1.82) is 0 Å². The fourth-order valence-corrected chi connectivity index (χ4v) is 3.01. The number of benzene rings is 2. The number of hydrogen-bond acceptors (Lipinski definition) is 2. The highest BCUT2D eigenvalue weighted by Crippen LogP contribution is 2.24. The van der Waals surface area contributed by atoms with Crippen molar-refractivity contribution < 1.29 is 4.79 Å². The molecule has 0 bridgehead atoms. The molecule has 0 spiro atoms. The average molecular weight is 316 g/mol. The Bertz CT molecular complexity index is 612. The number of fused-ring (bicyclic) bond motifs is 1. The molecule has 0 amide bonds. The van der Waals surface area contributed by atoms with Gasteiger partial charge in [-0.3, -0.25) is 4.79 Å². The summed E-state index contributed by atoms with van der Waals surface area (Å²) in [5.41, 5.74) is 3.48. The van der Waals surface area contributed by atoms with Gasteiger partial charge in [0.1, 0.15) is 0 Å². The first-order valence-corrected chi connectivity index (χ1v) is 7.71. The molecule has 3 heteroatoms. The van der Waals surface area contributed by atoms with Crippen LogP contribution in [0.5, 0.6) is 0 Å². The van der Waals surface area contributed by atoms with E-state index in [-0.39, 0.29) is 18.3 Å². The van der Waals surface area contributed by atoms with E-state index in [9.17, 15) is 4.79 Å². The van der Waals surface area contributed by atoms with Crippen LogP contribution in [0, 0.1) is 5.92 Å². The molecule has 1 atom stereocenters. The molecule has 0 radical (unpaired) electrons. The molecule has 0 saturated carbocycles. The molecular formula is C19H22ClNO. The summed E-state index contributed by atoms with van der Waals surface area (Å²) in [4.78, 5) is 12.4. The number of rotatable bonds is 5. The van der Waals surface area contributed by atoms with Crippen LogP contribution in [0.3, 0.4) is 0 Å². The highest BCUT2D eigenvalue weighted by molar-refractivity contribution is 6.00. The fourth-order valence-electron chi connectivity index (χ4n) is 3.01. The molecule has 116 valence electrons. The summed E-state index contributed by atoms with van der Waals surface area (Å²) in [5, 5.41) is 3.44. The van der Waals surface area contributed by atoms with Crippen LogP contribution in [0.1, 0.15) is 27.9 Å². The van der Waals surface area contributed by atoms with Gasteiger partial charge >= 0.3 is 0 Å². The first kappa shape index (κ1) is 16.7. The second kappa shape index (κ2) is 8.11. The molecule has 1 N–H and O–H groups in total. The maximum Gasteiger partial charge on any atom is 0.167 e. The summed E-state index contributed by atoms with van der Waals surface area (Å²) in [5.74, 6) is 0.444. The monoisotopic (exact) mass is 315 g/mol. The molecule has 0 saturated heterocycles. The highest BCUT2D eigenvalue weighted by atomic mass is 35.5. The van der Waals surface area contributed by atoms with E-state index < -0.39 is 0 Å². The van der Waals surface area contributed by atoms with Gasteiger partial charge in [0.05, 0.1) is 0 Å². The standard InChI is InChI=1S/C19H21NO.ClH/c21-19-17(11-10-16-8-4-5-9-18(16)19)14-20-13-12-15-6-2-1-3-7-15;/h1-9,17,20H,10-14H2;1H. The van der Waals surface area contributed by atoms with Gasteiger partial charge in [0, 0.05) is 18.0 Å². The molecule has 1 unspecified atom stereocenters. The van der Waals surface area contributed by atoms with Crippen molar-refractivity contribution in [2.45, 2.75) is 19.3 Å². The van der Waals surface area contributed by atoms with Gasteiger partial charge in [0.25, 0.3) is 0 Å². The Morgan fingerprint density at radius 2 is 1.73 bits per heavy atom. The smallest absolute Gasteiger partial charge is 0.167 e. The Labute approximate surface area is 138 Å². The molecule has 0 fully saturated rings. The molecule has 22 heavy (non-hydrogen) atoms. The van der Waals surface area contributed by atoms with E-state index >= 15 is 0 Å². The minimum absolute atomic E-state index is 0. The van der Waals surface area contributed by atoms with Gasteiger partial charge in [-0.1, -0.05) is 54.6 Å². The van der Waals surface area contributed by atoms with Crippen molar-refractivity contribution >= 4 is 18.2 Å². The fraction of sp³-hybridized carbons (Fsp3) is 0.316. The van der Waals surface area contributed by atoms with Crippen LogP contribution < -0.4 is 5.32 Å². The zero-order chi connectivity index (χ0) is 14.5. The largest absolute Gasteiger partial charge is 0.316 e. The molecule has 1 aliphatic carbocycles. The van der Waals surface area contributed by atoms with E-state index in [0.717, 1.165) is 37.9 Å². The summed E-state index contributed by atoms with van der Waals surface area (Å²) in [7, 11) is 0. The van der Waals surface area contributed by atoms with Crippen molar-refractivity contribution in [2.75, 3.05) is 13.1 Å². The molecule has 2 aromatic carbocycles. The van der Waals surface area contributed by atoms with Gasteiger partial charge < -0.3 is 5.32 Å². The Morgan fingerprint density at radius 1 is 1.00 bits per heavy atom. The predicted octanol–water partition coefficient (Wildman–Crippen LogP) is 3.69. The Hall–Kier alpha value is -1.64. The van der Waals surface area contributed by atoms with Gasteiger partial charge in [-0.2, -0.15) is 0 Å². The lowest BCUT2D eigenvalue weighted by molar-refractivity contribution is 0.0901. The second-order valence-corrected chi connectivity index (χ2v) is 5.70. The van der Waals surface area contributed by atoms with E-state index in [4.69, 9.17) is 0 Å². The van der Waals surface area contributed by atoms with Crippen LogP contribution >= 0.6 is 12.4 Å². The number of ketones is 1. The summed E-state index contributed by atoms with van der Waals surface area (Å²) in [6, 6.07) is 18.5. The Kier molecular flexibility index (Phi) is 6.17. The Balaban J connectivity index is 0.00000176. The number of hydrogen-bond donors (Lipinski definition) is 1. The predicted molar refractivity (Wildman–Crippen MR) is 92.8 cm³/mol. The van der Waals surface area contributed by atoms with Crippen molar-refractivity contribution in [3.63, 3.8) is 0 Å². The number of nitrogens with one attached hydrogen (secondary N) is 1. The molecular weight excluding hydrogens is 294 g/mol. The molecule has 3 rings (SSSR count). The third-order valence-corrected chi connectivity index (χ3v) is 4.24. The van der Waals surface area contributed by atoms with Crippen LogP contribution in [-0.4, -0.2) is 18.9 Å². The number of aryl methyl sites for hydroxylation is 1. The number of carbonyl (C=O) groups excluding carboxylic acids is 1. The van der Waals surface area contributed by atoms with Crippen molar-refractivity contribution in [3.05, 3.63) is 71.3 Å². The van der Waals surface area contributed by atoms with Crippen molar-refractivity contribution in [1.82, 2.24) is 5.32 Å². The summed E-state index contributed by atoms with van der Waals surface area (Å²) in [6.45, 7) is 1.72. The topological polar surface area (TPSA) is 29.1 Å². The average Bonchev–Trinajstić information content (AvgIpc) is 2.55. The zero-order valence-electron chi connectivity index (χ0n) is 12.6. The number of halogens is 1. The molecule has 0 aliphatic heterocycles. The first-order valence-electron chi connectivity index (χ1n) is 7.71. The SMILES string of the molecule is Cl.O=C1c2ccccc2CCC1CNCCc1ccccc1. The lowest BCUT2D eigenvalue weighted by atomic mass is 9.83. The molecule has 1 aliphatic rings. The van der Waals surface area contributed by atoms with E-state index in [2.05, 4.69) is 35.6 Å². The van der Waals surface area contributed by atoms with Gasteiger partial charge in [-0.05, 0) is 36.9 Å². The van der Waals surface area contributed by atoms with Gasteiger partial charge in [-0.25, -0.2) is 0 Å². The van der Waals surface area contributed by atoms with E-state index in [1.54, 1.807) is 0 Å². The normalized spacial score (nSPS) is 16.7. The maximum atomic E-state index is 12.4. The molecule has 2 nitrogen and oxygen atoms in total. The van der Waals surface area contributed by atoms with Gasteiger partial charge in [0.2, 0.25) is 0 Å². The maximum absolute atomic E-state index is 12.4. The molecule has 0 heterocycles. The summed E-state index contributed by atoms with van der Waals surface area (Å²) in [6.07, 6.45) is 3.00. The minimum Gasteiger partial charge on any atom is -0.316 e. The Morgan fingerprint density at radius 3 is 2.55 bits per heavy atom. The second-order valence-electron chi connectivity index (χ2n) is 5.70. The van der Waals surface area contributed by atoms with Crippen LogP contribution in [0.4, 0.5) is 0 Å². The quantitative estimate of drug-likeness (QED) is 0.853. The first-order chi connectivity index (χ1) is 10.3. The third-order valence-electron chi connectivity index (χ3n) is 4.24. The highest BCUT2D eigenvalue weighted by Gasteiger charge is 2.26. The van der Waals surface area contributed by atoms with Crippen LogP contribution in [0.15, 0.2) is 54.6 Å². The zero-order valence-corrected chi connectivity index (χ0v) is 13.4. The summed E-state index contributed by atoms with van der Waals surface area (Å²) >= 11 is 0. The van der Waals surface area contributed by atoms with E-state index in [1.165, 1.54) is 11.1 Å². The van der Waals surface area contributed by atoms with Crippen molar-refractivity contribution in [3.8, 4) is 0 Å². The van der Waals surface area contributed by atoms with Gasteiger partial charge in [0.15, 0.2) is 5.78 Å². The lowest BCUT2D eigenvalue weighted by Crippen LogP contribution is -2.33. The van der Waals surface area contributed by atoms with Gasteiger partial charge in [-0.15, -0.1) is 12.4 Å². The van der Waals surface area contributed by atoms with Crippen LogP contribution in [-0.2, 0) is 12.8 Å². The van der Waals surface area contributed by atoms with E-state index in [0.29, 0.717) is 5.78 Å². The molecule has 0 aromatic heterocycles. The minimum atomic E-state index is 0.